The number of fused-ring (bicyclic) bond motifs is 1. The number of benzene rings is 1. The molecule has 1 amide bonds. The van der Waals surface area contributed by atoms with Crippen molar-refractivity contribution < 1.29 is 17.9 Å². The predicted octanol–water partition coefficient (Wildman–Crippen LogP) is 1.85. The number of hydrogen-bond donors (Lipinski definition) is 1. The Bertz CT molecular complexity index is 915. The van der Waals surface area contributed by atoms with Gasteiger partial charge in [-0.2, -0.15) is 0 Å². The number of hydrogen-bond acceptors (Lipinski definition) is 5. The van der Waals surface area contributed by atoms with Gasteiger partial charge in [0, 0.05) is 37.5 Å². The standard InChI is InChI=1S/C21H28N2O4S/c1-15-11-17-3-5-21(27-19(17)12-16(15)2)6-8-23(9-7-21)13-20(24)22-18-4-10-28(25,26)14-18/h3,5,11-12,18H,4,6-10,13-14H2,1-2H3,(H,22,24). The zero-order valence-electron chi connectivity index (χ0n) is 16.5. The summed E-state index contributed by atoms with van der Waals surface area (Å²) in [6, 6.07) is 4.05. The second-order valence-electron chi connectivity index (χ2n) is 8.42. The van der Waals surface area contributed by atoms with Gasteiger partial charge in [0.25, 0.3) is 0 Å². The molecule has 3 aliphatic heterocycles. The number of carbonyl (C=O) groups excluding carboxylic acids is 1. The fourth-order valence-electron chi connectivity index (χ4n) is 4.27. The third-order valence-corrected chi connectivity index (χ3v) is 7.94. The Balaban J connectivity index is 1.31. The molecule has 6 nitrogen and oxygen atoms in total. The molecule has 2 fully saturated rings. The first-order valence-corrected chi connectivity index (χ1v) is 11.8. The molecule has 1 N–H and O–H groups in total. The maximum absolute atomic E-state index is 12.3. The molecule has 0 saturated carbocycles. The lowest BCUT2D eigenvalue weighted by molar-refractivity contribution is -0.123. The van der Waals surface area contributed by atoms with Crippen LogP contribution in [0.2, 0.25) is 0 Å². The lowest BCUT2D eigenvalue weighted by atomic mass is 9.87. The van der Waals surface area contributed by atoms with E-state index in [2.05, 4.69) is 48.3 Å². The molecular weight excluding hydrogens is 376 g/mol. The minimum atomic E-state index is -2.98. The molecule has 0 aromatic heterocycles. The second-order valence-corrected chi connectivity index (χ2v) is 10.6. The zero-order valence-corrected chi connectivity index (χ0v) is 17.3. The number of likely N-dealkylation sites (tertiary alicyclic amines) is 1. The van der Waals surface area contributed by atoms with E-state index in [0.717, 1.165) is 37.2 Å². The van der Waals surface area contributed by atoms with Crippen LogP contribution < -0.4 is 10.1 Å². The Morgan fingerprint density at radius 2 is 1.96 bits per heavy atom. The molecule has 28 heavy (non-hydrogen) atoms. The molecular formula is C21H28N2O4S. The molecule has 1 atom stereocenters. The van der Waals surface area contributed by atoms with Gasteiger partial charge in [-0.3, -0.25) is 9.69 Å². The highest BCUT2D eigenvalue weighted by molar-refractivity contribution is 7.91. The first-order chi connectivity index (χ1) is 13.2. The highest BCUT2D eigenvalue weighted by Crippen LogP contribution is 2.38. The van der Waals surface area contributed by atoms with Crippen LogP contribution in [0.25, 0.3) is 6.08 Å². The molecule has 1 unspecified atom stereocenters. The van der Waals surface area contributed by atoms with Crippen LogP contribution in [0.3, 0.4) is 0 Å². The fraction of sp³-hybridized carbons (Fsp3) is 0.571. The number of nitrogens with zero attached hydrogens (tertiary/aromatic N) is 1. The van der Waals surface area contributed by atoms with Gasteiger partial charge < -0.3 is 10.1 Å². The number of aryl methyl sites for hydroxylation is 2. The van der Waals surface area contributed by atoms with Crippen molar-refractivity contribution in [2.24, 2.45) is 0 Å². The third kappa shape index (κ3) is 4.10. The Morgan fingerprint density at radius 3 is 2.64 bits per heavy atom. The molecule has 3 aliphatic rings. The molecule has 0 bridgehead atoms. The van der Waals surface area contributed by atoms with E-state index in [9.17, 15) is 13.2 Å². The SMILES string of the molecule is Cc1cc2c(cc1C)OC1(C=C2)CCN(CC(=O)NC2CCS(=O)(=O)C2)CC1. The highest BCUT2D eigenvalue weighted by atomic mass is 32.2. The Hall–Kier alpha value is -1.86. The molecule has 152 valence electrons. The van der Waals surface area contributed by atoms with Crippen LogP contribution in [-0.2, 0) is 14.6 Å². The molecule has 0 aliphatic carbocycles. The van der Waals surface area contributed by atoms with Crippen molar-refractivity contribution in [1.82, 2.24) is 10.2 Å². The number of sulfone groups is 1. The van der Waals surface area contributed by atoms with Crippen molar-refractivity contribution in [3.05, 3.63) is 34.9 Å². The molecule has 0 radical (unpaired) electrons. The molecule has 1 aromatic carbocycles. The summed E-state index contributed by atoms with van der Waals surface area (Å²) in [4.78, 5) is 14.4. The van der Waals surface area contributed by atoms with Crippen LogP contribution in [0.15, 0.2) is 18.2 Å². The zero-order chi connectivity index (χ0) is 19.9. The van der Waals surface area contributed by atoms with E-state index in [1.165, 1.54) is 11.1 Å². The smallest absolute Gasteiger partial charge is 0.234 e. The topological polar surface area (TPSA) is 75.7 Å². The van der Waals surface area contributed by atoms with Crippen LogP contribution in [0, 0.1) is 13.8 Å². The summed E-state index contributed by atoms with van der Waals surface area (Å²) in [6.45, 7) is 6.08. The van der Waals surface area contributed by atoms with E-state index >= 15 is 0 Å². The number of piperidine rings is 1. The van der Waals surface area contributed by atoms with Gasteiger partial charge in [-0.05, 0) is 49.6 Å². The van der Waals surface area contributed by atoms with E-state index in [4.69, 9.17) is 4.74 Å². The van der Waals surface area contributed by atoms with Crippen molar-refractivity contribution in [2.75, 3.05) is 31.1 Å². The van der Waals surface area contributed by atoms with Crippen LogP contribution in [-0.4, -0.2) is 62.0 Å². The van der Waals surface area contributed by atoms with Crippen LogP contribution >= 0.6 is 0 Å². The Morgan fingerprint density at radius 1 is 1.25 bits per heavy atom. The van der Waals surface area contributed by atoms with Crippen molar-refractivity contribution in [3.63, 3.8) is 0 Å². The molecule has 1 aromatic rings. The lowest BCUT2D eigenvalue weighted by Crippen LogP contribution is -2.50. The van der Waals surface area contributed by atoms with Crippen molar-refractivity contribution in [2.45, 2.75) is 44.8 Å². The summed E-state index contributed by atoms with van der Waals surface area (Å²) in [5.74, 6) is 1.10. The minimum Gasteiger partial charge on any atom is -0.482 e. The van der Waals surface area contributed by atoms with Gasteiger partial charge in [0.15, 0.2) is 9.84 Å². The van der Waals surface area contributed by atoms with E-state index in [-0.39, 0.29) is 29.1 Å². The molecule has 3 heterocycles. The predicted molar refractivity (Wildman–Crippen MR) is 109 cm³/mol. The van der Waals surface area contributed by atoms with E-state index in [1.807, 2.05) is 0 Å². The highest BCUT2D eigenvalue weighted by Gasteiger charge is 2.37. The monoisotopic (exact) mass is 404 g/mol. The van der Waals surface area contributed by atoms with E-state index in [1.54, 1.807) is 0 Å². The van der Waals surface area contributed by atoms with Gasteiger partial charge in [-0.15, -0.1) is 0 Å². The Labute approximate surface area is 166 Å². The molecule has 2 saturated heterocycles. The number of rotatable bonds is 3. The van der Waals surface area contributed by atoms with Gasteiger partial charge in [-0.1, -0.05) is 6.08 Å². The van der Waals surface area contributed by atoms with Crippen molar-refractivity contribution >= 4 is 21.8 Å². The summed E-state index contributed by atoms with van der Waals surface area (Å²) in [5, 5.41) is 2.87. The minimum absolute atomic E-state index is 0.0682. The maximum Gasteiger partial charge on any atom is 0.234 e. The van der Waals surface area contributed by atoms with Gasteiger partial charge in [-0.25, -0.2) is 8.42 Å². The number of nitrogens with one attached hydrogen (secondary N) is 1. The van der Waals surface area contributed by atoms with Gasteiger partial charge in [0.05, 0.1) is 18.1 Å². The van der Waals surface area contributed by atoms with E-state index in [0.29, 0.717) is 13.0 Å². The van der Waals surface area contributed by atoms with Crippen LogP contribution in [0.4, 0.5) is 0 Å². The average molecular weight is 405 g/mol. The van der Waals surface area contributed by atoms with Crippen molar-refractivity contribution in [1.29, 1.82) is 0 Å². The fourth-order valence-corrected chi connectivity index (χ4v) is 5.94. The molecule has 7 heteroatoms. The van der Waals surface area contributed by atoms with Crippen LogP contribution in [0.5, 0.6) is 5.75 Å². The normalized spacial score (nSPS) is 25.3. The summed E-state index contributed by atoms with van der Waals surface area (Å²) < 4.78 is 29.5. The summed E-state index contributed by atoms with van der Waals surface area (Å²) >= 11 is 0. The largest absolute Gasteiger partial charge is 0.482 e. The number of ether oxygens (including phenoxy) is 1. The van der Waals surface area contributed by atoms with Gasteiger partial charge >= 0.3 is 0 Å². The molecule has 4 rings (SSSR count). The first-order valence-electron chi connectivity index (χ1n) is 9.95. The number of carbonyl (C=O) groups is 1. The second kappa shape index (κ2) is 7.19. The maximum atomic E-state index is 12.3. The third-order valence-electron chi connectivity index (χ3n) is 6.17. The molecule has 1 spiro atoms. The van der Waals surface area contributed by atoms with E-state index < -0.39 is 9.84 Å². The number of amides is 1. The summed E-state index contributed by atoms with van der Waals surface area (Å²) in [7, 11) is -2.98. The average Bonchev–Trinajstić information content (AvgIpc) is 2.97. The van der Waals surface area contributed by atoms with Crippen molar-refractivity contribution in [3.8, 4) is 5.75 Å². The quantitative estimate of drug-likeness (QED) is 0.832. The lowest BCUT2D eigenvalue weighted by Gasteiger charge is -2.42. The Kier molecular flexibility index (Phi) is 5.00. The van der Waals surface area contributed by atoms with Gasteiger partial charge in [0.2, 0.25) is 5.91 Å². The van der Waals surface area contributed by atoms with Gasteiger partial charge in [0.1, 0.15) is 11.4 Å². The summed E-state index contributed by atoms with van der Waals surface area (Å²) in [5.41, 5.74) is 3.33. The summed E-state index contributed by atoms with van der Waals surface area (Å²) in [6.07, 6.45) is 6.52. The van der Waals surface area contributed by atoms with Crippen LogP contribution in [0.1, 0.15) is 36.0 Å². The first kappa shape index (κ1) is 19.5.